The third-order valence-corrected chi connectivity index (χ3v) is 5.83. The van der Waals surface area contributed by atoms with Gasteiger partial charge in [0.1, 0.15) is 0 Å². The van der Waals surface area contributed by atoms with Gasteiger partial charge in [0, 0.05) is 13.1 Å². The molecule has 2 fully saturated rings. The Hall–Kier alpha value is -1.40. The average Bonchev–Trinajstić information content (AvgIpc) is 2.54. The van der Waals surface area contributed by atoms with Gasteiger partial charge in [-0.25, -0.2) is 13.1 Å². The summed E-state index contributed by atoms with van der Waals surface area (Å²) >= 11 is 0. The molecular weight excluding hydrogens is 312 g/mol. The molecule has 1 N–H and O–H groups in total. The molecule has 1 aliphatic heterocycles. The number of benzene rings is 1. The molecule has 1 spiro atoms. The smallest absolute Gasteiger partial charge is 0.231 e. The van der Waals surface area contributed by atoms with Crippen molar-refractivity contribution in [1.82, 2.24) is 9.62 Å². The number of sulfonamides is 1. The molecule has 0 aromatic heterocycles. The molecule has 1 saturated heterocycles. The van der Waals surface area contributed by atoms with Crippen molar-refractivity contribution >= 4 is 15.9 Å². The number of nitrogens with zero attached hydrogens (tertiary/aromatic N) is 1. The molecule has 0 radical (unpaired) electrons. The Labute approximate surface area is 138 Å². The molecular formula is C17H24N2O3S. The average molecular weight is 336 g/mol. The summed E-state index contributed by atoms with van der Waals surface area (Å²) in [4.78, 5) is 14.7. The first-order valence-electron chi connectivity index (χ1n) is 8.25. The number of nitrogens with one attached hydrogen (secondary N) is 1. The van der Waals surface area contributed by atoms with Crippen LogP contribution in [0.4, 0.5) is 0 Å². The number of carbonyl (C=O) groups is 1. The van der Waals surface area contributed by atoms with Crippen LogP contribution in [0.1, 0.15) is 43.7 Å². The summed E-state index contributed by atoms with van der Waals surface area (Å²) in [5, 5.41) is 0. The van der Waals surface area contributed by atoms with Crippen LogP contribution in [0.5, 0.6) is 0 Å². The second-order valence-electron chi connectivity index (χ2n) is 6.70. The first-order valence-corrected chi connectivity index (χ1v) is 10.1. The van der Waals surface area contributed by atoms with Crippen molar-refractivity contribution in [2.45, 2.75) is 38.1 Å². The molecule has 1 atom stereocenters. The molecule has 2 aliphatic rings. The van der Waals surface area contributed by atoms with Gasteiger partial charge in [-0.3, -0.25) is 4.79 Å². The summed E-state index contributed by atoms with van der Waals surface area (Å²) in [6, 6.07) is 10.2. The number of hydrogen-bond acceptors (Lipinski definition) is 3. The van der Waals surface area contributed by atoms with Gasteiger partial charge in [-0.1, -0.05) is 49.6 Å². The highest BCUT2D eigenvalue weighted by molar-refractivity contribution is 7.88. The van der Waals surface area contributed by atoms with E-state index in [-0.39, 0.29) is 23.9 Å². The Kier molecular flexibility index (Phi) is 4.47. The Morgan fingerprint density at radius 3 is 2.43 bits per heavy atom. The van der Waals surface area contributed by atoms with Crippen molar-refractivity contribution in [3.05, 3.63) is 35.9 Å². The molecule has 1 aromatic rings. The molecule has 3 rings (SSSR count). The maximum absolute atomic E-state index is 12.8. The van der Waals surface area contributed by atoms with Gasteiger partial charge in [0.25, 0.3) is 0 Å². The van der Waals surface area contributed by atoms with E-state index < -0.39 is 10.0 Å². The van der Waals surface area contributed by atoms with Gasteiger partial charge in [0.15, 0.2) is 0 Å². The predicted octanol–water partition coefficient (Wildman–Crippen LogP) is 2.07. The number of amides is 1. The lowest BCUT2D eigenvalue weighted by molar-refractivity contribution is -0.178. The van der Waals surface area contributed by atoms with Crippen molar-refractivity contribution < 1.29 is 13.2 Å². The SMILES string of the molecule is CS(=O)(=O)NCCN1C(=O)C2(CCCCC2)C1c1ccccc1. The predicted molar refractivity (Wildman–Crippen MR) is 89.3 cm³/mol. The van der Waals surface area contributed by atoms with E-state index in [1.807, 2.05) is 23.1 Å². The summed E-state index contributed by atoms with van der Waals surface area (Å²) in [6.45, 7) is 0.692. The number of likely N-dealkylation sites (tertiary alicyclic amines) is 1. The van der Waals surface area contributed by atoms with Crippen LogP contribution in [0, 0.1) is 5.41 Å². The van der Waals surface area contributed by atoms with E-state index >= 15 is 0 Å². The van der Waals surface area contributed by atoms with Crippen LogP contribution < -0.4 is 4.72 Å². The Balaban J connectivity index is 1.80. The third kappa shape index (κ3) is 3.15. The standard InChI is InChI=1S/C17H24N2O3S/c1-23(21,22)18-12-13-19-15(14-8-4-2-5-9-14)17(16(19)20)10-6-3-7-11-17/h2,4-5,8-9,15,18H,3,6-7,10-13H2,1H3. The number of β-lactam (4-membered cyclic amide) rings is 1. The summed E-state index contributed by atoms with van der Waals surface area (Å²) in [6.07, 6.45) is 6.44. The fourth-order valence-electron chi connectivity index (χ4n) is 4.14. The maximum atomic E-state index is 12.8. The van der Waals surface area contributed by atoms with Crippen molar-refractivity contribution in [2.75, 3.05) is 19.3 Å². The summed E-state index contributed by atoms with van der Waals surface area (Å²) in [5.41, 5.74) is 0.901. The van der Waals surface area contributed by atoms with Gasteiger partial charge in [0.2, 0.25) is 15.9 Å². The van der Waals surface area contributed by atoms with Gasteiger partial charge in [-0.15, -0.1) is 0 Å². The topological polar surface area (TPSA) is 66.5 Å². The van der Waals surface area contributed by atoms with E-state index in [1.165, 1.54) is 6.42 Å². The summed E-state index contributed by atoms with van der Waals surface area (Å²) in [7, 11) is -3.22. The molecule has 0 bridgehead atoms. The zero-order valence-electron chi connectivity index (χ0n) is 13.5. The van der Waals surface area contributed by atoms with Crippen molar-refractivity contribution in [1.29, 1.82) is 0 Å². The van der Waals surface area contributed by atoms with E-state index in [9.17, 15) is 13.2 Å². The van der Waals surface area contributed by atoms with Crippen LogP contribution >= 0.6 is 0 Å². The lowest BCUT2D eigenvalue weighted by Gasteiger charge is -2.58. The van der Waals surface area contributed by atoms with Gasteiger partial charge in [-0.05, 0) is 18.4 Å². The van der Waals surface area contributed by atoms with E-state index in [0.717, 1.165) is 37.5 Å². The quantitative estimate of drug-likeness (QED) is 0.837. The van der Waals surface area contributed by atoms with Crippen molar-refractivity contribution in [3.63, 3.8) is 0 Å². The van der Waals surface area contributed by atoms with Crippen LogP contribution in [0.2, 0.25) is 0 Å². The van der Waals surface area contributed by atoms with Gasteiger partial charge >= 0.3 is 0 Å². The van der Waals surface area contributed by atoms with E-state index in [2.05, 4.69) is 16.9 Å². The first kappa shape index (κ1) is 16.5. The highest BCUT2D eigenvalue weighted by Crippen LogP contribution is 2.57. The van der Waals surface area contributed by atoms with E-state index in [1.54, 1.807) is 0 Å². The normalized spacial score (nSPS) is 23.8. The molecule has 126 valence electrons. The minimum absolute atomic E-state index is 0.0814. The Morgan fingerprint density at radius 1 is 1.17 bits per heavy atom. The molecule has 6 heteroatoms. The van der Waals surface area contributed by atoms with E-state index in [4.69, 9.17) is 0 Å². The fraction of sp³-hybridized carbons (Fsp3) is 0.588. The van der Waals surface area contributed by atoms with Gasteiger partial charge < -0.3 is 4.90 Å². The largest absolute Gasteiger partial charge is 0.333 e. The molecule has 1 saturated carbocycles. The zero-order chi connectivity index (χ0) is 16.5. The van der Waals surface area contributed by atoms with Crippen LogP contribution in [-0.4, -0.2) is 38.6 Å². The molecule has 5 nitrogen and oxygen atoms in total. The maximum Gasteiger partial charge on any atom is 0.231 e. The second-order valence-corrected chi connectivity index (χ2v) is 8.53. The Morgan fingerprint density at radius 2 is 1.83 bits per heavy atom. The Bertz CT molecular complexity index is 666. The minimum Gasteiger partial charge on any atom is -0.333 e. The van der Waals surface area contributed by atoms with Crippen LogP contribution in [-0.2, 0) is 14.8 Å². The molecule has 1 amide bonds. The number of carbonyl (C=O) groups excluding carboxylic acids is 1. The van der Waals surface area contributed by atoms with Crippen molar-refractivity contribution in [2.24, 2.45) is 5.41 Å². The zero-order valence-corrected chi connectivity index (χ0v) is 14.3. The first-order chi connectivity index (χ1) is 10.9. The molecule has 23 heavy (non-hydrogen) atoms. The third-order valence-electron chi connectivity index (χ3n) is 5.10. The molecule has 1 aliphatic carbocycles. The highest BCUT2D eigenvalue weighted by Gasteiger charge is 2.60. The van der Waals surface area contributed by atoms with Crippen LogP contribution in [0.15, 0.2) is 30.3 Å². The van der Waals surface area contributed by atoms with Crippen LogP contribution in [0.3, 0.4) is 0 Å². The lowest BCUT2D eigenvalue weighted by Crippen LogP contribution is -2.64. The molecule has 1 unspecified atom stereocenters. The minimum atomic E-state index is -3.22. The summed E-state index contributed by atoms with van der Waals surface area (Å²) < 4.78 is 24.9. The molecule has 1 aromatic carbocycles. The number of hydrogen-bond donors (Lipinski definition) is 1. The monoisotopic (exact) mass is 336 g/mol. The van der Waals surface area contributed by atoms with E-state index in [0.29, 0.717) is 6.54 Å². The second kappa shape index (κ2) is 6.24. The van der Waals surface area contributed by atoms with Crippen LogP contribution in [0.25, 0.3) is 0 Å². The molecule has 1 heterocycles. The summed E-state index contributed by atoms with van der Waals surface area (Å²) in [5.74, 6) is 0.196. The lowest BCUT2D eigenvalue weighted by atomic mass is 9.60. The fourth-order valence-corrected chi connectivity index (χ4v) is 4.60. The highest BCUT2D eigenvalue weighted by atomic mass is 32.2. The van der Waals surface area contributed by atoms with Gasteiger partial charge in [-0.2, -0.15) is 0 Å². The number of rotatable bonds is 5. The van der Waals surface area contributed by atoms with Gasteiger partial charge in [0.05, 0.1) is 17.7 Å². The van der Waals surface area contributed by atoms with Crippen molar-refractivity contribution in [3.8, 4) is 0 Å².